The number of halogens is 1. The third-order valence-corrected chi connectivity index (χ3v) is 6.95. The molecule has 0 aliphatic heterocycles. The van der Waals surface area contributed by atoms with Gasteiger partial charge in [0.25, 0.3) is 5.56 Å². The first-order valence-electron chi connectivity index (χ1n) is 9.17. The molecule has 10 heteroatoms. The predicted octanol–water partition coefficient (Wildman–Crippen LogP) is 4.35. The molecule has 0 spiro atoms. The molecule has 4 aromatic heterocycles. The van der Waals surface area contributed by atoms with Crippen molar-refractivity contribution in [2.75, 3.05) is 0 Å². The summed E-state index contributed by atoms with van der Waals surface area (Å²) in [4.78, 5) is 17.3. The Morgan fingerprint density at radius 3 is 2.90 bits per heavy atom. The molecule has 148 valence electrons. The smallest absolute Gasteiger partial charge is 0.272 e. The summed E-state index contributed by atoms with van der Waals surface area (Å²) in [5.41, 5.74) is 2.77. The first kappa shape index (κ1) is 18.7. The van der Waals surface area contributed by atoms with Crippen molar-refractivity contribution in [3.63, 3.8) is 0 Å². The van der Waals surface area contributed by atoms with Gasteiger partial charge in [-0.05, 0) is 36.1 Å². The summed E-state index contributed by atoms with van der Waals surface area (Å²) in [5.74, 6) is 1.92. The van der Waals surface area contributed by atoms with Crippen molar-refractivity contribution in [3.8, 4) is 0 Å². The maximum absolute atomic E-state index is 12.5. The topological polar surface area (TPSA) is 70.0 Å². The zero-order valence-corrected chi connectivity index (χ0v) is 18.2. The zero-order valence-electron chi connectivity index (χ0n) is 15.8. The van der Waals surface area contributed by atoms with Crippen LogP contribution in [0.2, 0.25) is 5.02 Å². The number of rotatable bonds is 5. The molecule has 29 heavy (non-hydrogen) atoms. The average molecular weight is 445 g/mol. The fourth-order valence-electron chi connectivity index (χ4n) is 3.51. The van der Waals surface area contributed by atoms with Gasteiger partial charge < -0.3 is 4.57 Å². The van der Waals surface area contributed by atoms with Crippen molar-refractivity contribution in [2.45, 2.75) is 30.8 Å². The van der Waals surface area contributed by atoms with Crippen LogP contribution >= 0.6 is 34.7 Å². The van der Waals surface area contributed by atoms with Crippen LogP contribution in [0.25, 0.3) is 27.0 Å². The molecule has 0 saturated heterocycles. The maximum atomic E-state index is 12.5. The Kier molecular flexibility index (Phi) is 4.60. The summed E-state index contributed by atoms with van der Waals surface area (Å²) in [5, 5.41) is 12.1. The van der Waals surface area contributed by atoms with Gasteiger partial charge in [-0.1, -0.05) is 30.3 Å². The van der Waals surface area contributed by atoms with Gasteiger partial charge >= 0.3 is 0 Å². The minimum absolute atomic E-state index is 0.0456. The van der Waals surface area contributed by atoms with E-state index in [1.807, 2.05) is 34.0 Å². The fourth-order valence-corrected chi connectivity index (χ4v) is 5.48. The second kappa shape index (κ2) is 7.16. The van der Waals surface area contributed by atoms with E-state index >= 15 is 0 Å². The quantitative estimate of drug-likeness (QED) is 0.377. The highest BCUT2D eigenvalue weighted by molar-refractivity contribution is 7.98. The molecule has 5 rings (SSSR count). The van der Waals surface area contributed by atoms with Gasteiger partial charge in [-0.3, -0.25) is 13.8 Å². The summed E-state index contributed by atoms with van der Waals surface area (Å²) in [6.45, 7) is 3.03. The van der Waals surface area contributed by atoms with E-state index in [0.717, 1.165) is 40.5 Å². The van der Waals surface area contributed by atoms with Crippen molar-refractivity contribution in [1.29, 1.82) is 0 Å². The molecular weight excluding hydrogens is 428 g/mol. The number of aryl methyl sites for hydroxylation is 2. The lowest BCUT2D eigenvalue weighted by Crippen LogP contribution is -2.19. The fraction of sp³-hybridized carbons (Fsp3) is 0.263. The summed E-state index contributed by atoms with van der Waals surface area (Å²) in [6.07, 6.45) is 1.01. The molecule has 0 N–H and O–H groups in total. The largest absolute Gasteiger partial charge is 0.319 e. The Hall–Kier alpha value is -2.36. The summed E-state index contributed by atoms with van der Waals surface area (Å²) < 4.78 is 6.44. The van der Waals surface area contributed by atoms with Crippen LogP contribution in [-0.4, -0.2) is 28.7 Å². The lowest BCUT2D eigenvalue weighted by atomic mass is 10.3. The Balaban J connectivity index is 1.58. The normalized spacial score (nSPS) is 12.0. The Morgan fingerprint density at radius 1 is 1.21 bits per heavy atom. The van der Waals surface area contributed by atoms with E-state index in [4.69, 9.17) is 16.6 Å². The van der Waals surface area contributed by atoms with E-state index in [1.165, 1.54) is 11.3 Å². The summed E-state index contributed by atoms with van der Waals surface area (Å²) in [6, 6.07) is 7.75. The molecule has 0 fully saturated rings. The highest BCUT2D eigenvalue weighted by Gasteiger charge is 2.17. The minimum atomic E-state index is -0.0456. The van der Waals surface area contributed by atoms with Crippen molar-refractivity contribution in [3.05, 3.63) is 50.8 Å². The number of fused-ring (bicyclic) bond motifs is 4. The predicted molar refractivity (Wildman–Crippen MR) is 118 cm³/mol. The van der Waals surface area contributed by atoms with Gasteiger partial charge in [0.15, 0.2) is 5.16 Å². The second-order valence-electron chi connectivity index (χ2n) is 6.72. The first-order chi connectivity index (χ1) is 14.1. The van der Waals surface area contributed by atoms with Crippen LogP contribution in [0.15, 0.2) is 39.6 Å². The van der Waals surface area contributed by atoms with Crippen LogP contribution in [-0.2, 0) is 19.3 Å². The van der Waals surface area contributed by atoms with E-state index in [0.29, 0.717) is 21.3 Å². The Bertz CT molecular complexity index is 1430. The molecule has 4 heterocycles. The van der Waals surface area contributed by atoms with Crippen molar-refractivity contribution < 1.29 is 0 Å². The third-order valence-electron chi connectivity index (χ3n) is 4.85. The van der Waals surface area contributed by atoms with Crippen molar-refractivity contribution >= 4 is 61.7 Å². The van der Waals surface area contributed by atoms with Gasteiger partial charge in [-0.25, -0.2) is 4.98 Å². The molecule has 0 saturated carbocycles. The minimum Gasteiger partial charge on any atom is -0.319 e. The van der Waals surface area contributed by atoms with Crippen LogP contribution in [0.1, 0.15) is 19.2 Å². The molecule has 0 unspecified atom stereocenters. The SMILES string of the molecule is CCCn1c(SCc2nnc3n(C)c(=O)c4sccc4n23)nc2cc(Cl)ccc21. The number of hydrogen-bond donors (Lipinski definition) is 0. The molecule has 0 radical (unpaired) electrons. The van der Waals surface area contributed by atoms with Crippen molar-refractivity contribution in [2.24, 2.45) is 7.05 Å². The van der Waals surface area contributed by atoms with E-state index < -0.39 is 0 Å². The second-order valence-corrected chi connectivity index (χ2v) is 9.01. The van der Waals surface area contributed by atoms with Gasteiger partial charge in [0, 0.05) is 18.6 Å². The van der Waals surface area contributed by atoms with E-state index in [2.05, 4.69) is 21.7 Å². The Labute approximate surface area is 178 Å². The molecule has 0 bridgehead atoms. The van der Waals surface area contributed by atoms with Gasteiger partial charge in [0.1, 0.15) is 10.5 Å². The number of nitrogens with zero attached hydrogens (tertiary/aromatic N) is 6. The first-order valence-corrected chi connectivity index (χ1v) is 11.4. The highest BCUT2D eigenvalue weighted by atomic mass is 35.5. The van der Waals surface area contributed by atoms with Crippen LogP contribution in [0.3, 0.4) is 0 Å². The number of imidazole rings is 1. The number of aromatic nitrogens is 6. The van der Waals surface area contributed by atoms with Crippen molar-refractivity contribution in [1.82, 2.24) is 28.7 Å². The molecule has 5 aromatic rings. The monoisotopic (exact) mass is 444 g/mol. The number of hydrogen-bond acceptors (Lipinski definition) is 6. The molecule has 0 amide bonds. The molecule has 1 aromatic carbocycles. The van der Waals surface area contributed by atoms with Gasteiger partial charge in [0.2, 0.25) is 5.78 Å². The number of thiophene rings is 1. The number of thioether (sulfide) groups is 1. The lowest BCUT2D eigenvalue weighted by molar-refractivity contribution is 0.638. The standard InChI is InChI=1S/C19H17ClN6OS2/c1-3-7-25-13-5-4-11(20)9-12(13)21-19(25)29-10-15-22-23-18-24(2)17(27)16-14(26(15)18)6-8-28-16/h4-6,8-9H,3,7,10H2,1-2H3. The number of benzene rings is 1. The van der Waals surface area contributed by atoms with E-state index in [9.17, 15) is 4.79 Å². The molecule has 0 atom stereocenters. The van der Waals surface area contributed by atoms with Gasteiger partial charge in [-0.15, -0.1) is 21.5 Å². The van der Waals surface area contributed by atoms with Crippen LogP contribution in [0.4, 0.5) is 0 Å². The average Bonchev–Trinajstić information content (AvgIpc) is 3.41. The van der Waals surface area contributed by atoms with E-state index in [1.54, 1.807) is 23.4 Å². The summed E-state index contributed by atoms with van der Waals surface area (Å²) >= 11 is 9.20. The van der Waals surface area contributed by atoms with Gasteiger partial charge in [-0.2, -0.15) is 0 Å². The molecule has 0 aliphatic carbocycles. The molecular formula is C19H17ClN6OS2. The molecule has 0 aliphatic rings. The van der Waals surface area contributed by atoms with Crippen LogP contribution in [0, 0.1) is 0 Å². The highest BCUT2D eigenvalue weighted by Crippen LogP contribution is 2.29. The van der Waals surface area contributed by atoms with Crippen LogP contribution < -0.4 is 5.56 Å². The lowest BCUT2D eigenvalue weighted by Gasteiger charge is -2.07. The van der Waals surface area contributed by atoms with Gasteiger partial charge in [0.05, 0.1) is 22.3 Å². The molecule has 7 nitrogen and oxygen atoms in total. The maximum Gasteiger partial charge on any atom is 0.272 e. The third kappa shape index (κ3) is 2.95. The van der Waals surface area contributed by atoms with Crippen LogP contribution in [0.5, 0.6) is 0 Å². The van der Waals surface area contributed by atoms with E-state index in [-0.39, 0.29) is 5.56 Å². The summed E-state index contributed by atoms with van der Waals surface area (Å²) in [7, 11) is 1.73. The zero-order chi connectivity index (χ0) is 20.1. The Morgan fingerprint density at radius 2 is 2.07 bits per heavy atom.